The van der Waals surface area contributed by atoms with Gasteiger partial charge in [0.05, 0.1) is 5.69 Å². The Bertz CT molecular complexity index is 312. The second kappa shape index (κ2) is 3.49. The molecule has 1 aromatic rings. The molecule has 4 heteroatoms. The lowest BCUT2D eigenvalue weighted by Crippen LogP contribution is -2.19. The second-order valence-corrected chi connectivity index (χ2v) is 2.91. The minimum absolute atomic E-state index is 0.573. The number of aryl methyl sites for hydroxylation is 1. The number of amides is 2. The highest BCUT2D eigenvalue weighted by Crippen LogP contribution is 2.22. The van der Waals surface area contributed by atoms with Gasteiger partial charge < -0.3 is 11.1 Å². The molecule has 0 saturated carbocycles. The fraction of sp³-hybridized carbons (Fsp3) is 0.125. The lowest BCUT2D eigenvalue weighted by molar-refractivity contribution is 0.259. The maximum atomic E-state index is 10.5. The first-order valence-electron chi connectivity index (χ1n) is 3.46. The van der Waals surface area contributed by atoms with Crippen LogP contribution in [0.1, 0.15) is 5.56 Å². The van der Waals surface area contributed by atoms with Crippen molar-refractivity contribution in [3.05, 3.63) is 23.8 Å². The van der Waals surface area contributed by atoms with Crippen LogP contribution >= 0.6 is 12.6 Å². The van der Waals surface area contributed by atoms with Crippen molar-refractivity contribution in [3.63, 3.8) is 0 Å². The average molecular weight is 182 g/mol. The molecule has 0 saturated heterocycles. The van der Waals surface area contributed by atoms with Crippen molar-refractivity contribution in [2.45, 2.75) is 11.8 Å². The predicted molar refractivity (Wildman–Crippen MR) is 51.6 cm³/mol. The monoisotopic (exact) mass is 182 g/mol. The quantitative estimate of drug-likeness (QED) is 0.570. The summed E-state index contributed by atoms with van der Waals surface area (Å²) >= 11 is 4.22. The maximum Gasteiger partial charge on any atom is 0.316 e. The number of hydrogen-bond acceptors (Lipinski definition) is 2. The summed E-state index contributed by atoms with van der Waals surface area (Å²) in [7, 11) is 0. The van der Waals surface area contributed by atoms with E-state index >= 15 is 0 Å². The number of carbonyl (C=O) groups is 1. The summed E-state index contributed by atoms with van der Waals surface area (Å²) in [5.74, 6) is 0. The van der Waals surface area contributed by atoms with E-state index in [9.17, 15) is 4.79 Å². The Hall–Kier alpha value is -1.16. The summed E-state index contributed by atoms with van der Waals surface area (Å²) in [4.78, 5) is 11.3. The van der Waals surface area contributed by atoms with Gasteiger partial charge in [-0.15, -0.1) is 12.6 Å². The van der Waals surface area contributed by atoms with Crippen LogP contribution in [0.15, 0.2) is 23.1 Å². The normalized spacial score (nSPS) is 9.50. The predicted octanol–water partition coefficient (Wildman–Crippen LogP) is 1.77. The van der Waals surface area contributed by atoms with Crippen LogP contribution in [-0.2, 0) is 0 Å². The lowest BCUT2D eigenvalue weighted by Gasteiger charge is -2.06. The van der Waals surface area contributed by atoms with Crippen LogP contribution < -0.4 is 11.1 Å². The molecule has 0 aliphatic heterocycles. The standard InChI is InChI=1S/C8H10N2OS/c1-5-3-2-4-6(7(5)12)10-8(9)11/h2-4,12H,1H3,(H3,9,10,11). The van der Waals surface area contributed by atoms with E-state index in [0.717, 1.165) is 10.5 Å². The highest BCUT2D eigenvalue weighted by atomic mass is 32.1. The molecule has 0 heterocycles. The summed E-state index contributed by atoms with van der Waals surface area (Å²) in [6.07, 6.45) is 0. The summed E-state index contributed by atoms with van der Waals surface area (Å²) in [6.45, 7) is 1.91. The number of thiol groups is 1. The fourth-order valence-corrected chi connectivity index (χ4v) is 1.10. The van der Waals surface area contributed by atoms with Crippen molar-refractivity contribution in [1.29, 1.82) is 0 Å². The number of hydrogen-bond donors (Lipinski definition) is 3. The van der Waals surface area contributed by atoms with Crippen LogP contribution in [0, 0.1) is 6.92 Å². The molecule has 0 aromatic heterocycles. The van der Waals surface area contributed by atoms with Crippen LogP contribution in [0.2, 0.25) is 0 Å². The number of primary amides is 1. The van der Waals surface area contributed by atoms with E-state index in [1.165, 1.54) is 0 Å². The van der Waals surface area contributed by atoms with Crippen LogP contribution in [0.25, 0.3) is 0 Å². The van der Waals surface area contributed by atoms with Gasteiger partial charge in [0, 0.05) is 4.90 Å². The van der Waals surface area contributed by atoms with Gasteiger partial charge in [0.2, 0.25) is 0 Å². The third-order valence-corrected chi connectivity index (χ3v) is 2.09. The van der Waals surface area contributed by atoms with Crippen molar-refractivity contribution in [1.82, 2.24) is 0 Å². The number of benzene rings is 1. The van der Waals surface area contributed by atoms with Crippen molar-refractivity contribution in [2.75, 3.05) is 5.32 Å². The Morgan fingerprint density at radius 1 is 1.58 bits per heavy atom. The Kier molecular flexibility index (Phi) is 2.60. The zero-order chi connectivity index (χ0) is 9.14. The number of urea groups is 1. The van der Waals surface area contributed by atoms with Crippen molar-refractivity contribution >= 4 is 24.3 Å². The number of anilines is 1. The first-order valence-corrected chi connectivity index (χ1v) is 3.91. The molecule has 0 atom stereocenters. The van der Waals surface area contributed by atoms with Gasteiger partial charge in [0.15, 0.2) is 0 Å². The molecule has 0 spiro atoms. The van der Waals surface area contributed by atoms with Gasteiger partial charge in [-0.1, -0.05) is 12.1 Å². The smallest absolute Gasteiger partial charge is 0.316 e. The zero-order valence-corrected chi connectivity index (χ0v) is 7.56. The van der Waals surface area contributed by atoms with E-state index in [1.54, 1.807) is 6.07 Å². The molecule has 0 bridgehead atoms. The highest BCUT2D eigenvalue weighted by Gasteiger charge is 2.01. The van der Waals surface area contributed by atoms with Gasteiger partial charge in [0.1, 0.15) is 0 Å². The molecular weight excluding hydrogens is 172 g/mol. The molecule has 1 aromatic carbocycles. The maximum absolute atomic E-state index is 10.5. The van der Waals surface area contributed by atoms with Crippen molar-refractivity contribution in [3.8, 4) is 0 Å². The van der Waals surface area contributed by atoms with E-state index < -0.39 is 6.03 Å². The van der Waals surface area contributed by atoms with Gasteiger partial charge >= 0.3 is 6.03 Å². The molecule has 0 fully saturated rings. The van der Waals surface area contributed by atoms with Gasteiger partial charge in [-0.05, 0) is 18.6 Å². The van der Waals surface area contributed by atoms with Gasteiger partial charge in [-0.25, -0.2) is 4.79 Å². The third-order valence-electron chi connectivity index (χ3n) is 1.50. The number of rotatable bonds is 1. The molecule has 2 amide bonds. The summed E-state index contributed by atoms with van der Waals surface area (Å²) in [5.41, 5.74) is 6.61. The van der Waals surface area contributed by atoms with E-state index in [0.29, 0.717) is 5.69 Å². The van der Waals surface area contributed by atoms with E-state index in [4.69, 9.17) is 5.73 Å². The molecule has 0 aliphatic rings. The second-order valence-electron chi connectivity index (χ2n) is 2.46. The molecule has 1 rings (SSSR count). The molecule has 3 N–H and O–H groups in total. The van der Waals surface area contributed by atoms with Crippen LogP contribution in [-0.4, -0.2) is 6.03 Å². The van der Waals surface area contributed by atoms with Crippen LogP contribution in [0.5, 0.6) is 0 Å². The molecule has 0 unspecified atom stereocenters. The topological polar surface area (TPSA) is 55.1 Å². The molecule has 0 aliphatic carbocycles. The molecule has 64 valence electrons. The Balaban J connectivity index is 3.00. The van der Waals surface area contributed by atoms with Crippen molar-refractivity contribution in [2.24, 2.45) is 5.73 Å². The zero-order valence-electron chi connectivity index (χ0n) is 6.66. The Morgan fingerprint density at radius 2 is 2.25 bits per heavy atom. The minimum Gasteiger partial charge on any atom is -0.351 e. The number of nitrogens with one attached hydrogen (secondary N) is 1. The van der Waals surface area contributed by atoms with Crippen LogP contribution in [0.3, 0.4) is 0 Å². The molecule has 0 radical (unpaired) electrons. The van der Waals surface area contributed by atoms with E-state index in [1.807, 2.05) is 19.1 Å². The molecule has 3 nitrogen and oxygen atoms in total. The third kappa shape index (κ3) is 1.92. The largest absolute Gasteiger partial charge is 0.351 e. The van der Waals surface area contributed by atoms with E-state index in [2.05, 4.69) is 17.9 Å². The molecule has 12 heavy (non-hydrogen) atoms. The first-order chi connectivity index (χ1) is 5.61. The first kappa shape index (κ1) is 8.93. The van der Waals surface area contributed by atoms with Gasteiger partial charge in [0.25, 0.3) is 0 Å². The van der Waals surface area contributed by atoms with Gasteiger partial charge in [-0.2, -0.15) is 0 Å². The summed E-state index contributed by atoms with van der Waals surface area (Å²) in [5, 5.41) is 2.48. The highest BCUT2D eigenvalue weighted by molar-refractivity contribution is 7.80. The van der Waals surface area contributed by atoms with Crippen LogP contribution in [0.4, 0.5) is 10.5 Å². The minimum atomic E-state index is -0.573. The van der Waals surface area contributed by atoms with Gasteiger partial charge in [-0.3, -0.25) is 0 Å². The van der Waals surface area contributed by atoms with E-state index in [-0.39, 0.29) is 0 Å². The Morgan fingerprint density at radius 3 is 2.83 bits per heavy atom. The SMILES string of the molecule is Cc1cccc(NC(N)=O)c1S. The fourth-order valence-electron chi connectivity index (χ4n) is 0.893. The summed E-state index contributed by atoms with van der Waals surface area (Å²) in [6, 6.07) is 4.92. The molecular formula is C8H10N2OS. The lowest BCUT2D eigenvalue weighted by atomic mass is 10.2. The number of carbonyl (C=O) groups excluding carboxylic acids is 1. The number of nitrogens with two attached hydrogens (primary N) is 1. The average Bonchev–Trinajstić information content (AvgIpc) is 1.98. The summed E-state index contributed by atoms with van der Waals surface area (Å²) < 4.78 is 0. The Labute approximate surface area is 76.4 Å². The van der Waals surface area contributed by atoms with Crippen molar-refractivity contribution < 1.29 is 4.79 Å².